The van der Waals surface area contributed by atoms with Crippen LogP contribution in [0.4, 0.5) is 5.69 Å². The Morgan fingerprint density at radius 3 is 2.09 bits per heavy atom. The number of benzene rings is 4. The van der Waals surface area contributed by atoms with Crippen LogP contribution in [0.25, 0.3) is 10.8 Å². The highest BCUT2D eigenvalue weighted by Gasteiger charge is 2.16. The lowest BCUT2D eigenvalue weighted by atomic mass is 9.98. The minimum absolute atomic E-state index is 0.0579. The minimum Gasteiger partial charge on any atom is -0.478 e. The molecule has 33 heavy (non-hydrogen) atoms. The first kappa shape index (κ1) is 22.3. The molecule has 0 aliphatic heterocycles. The molecule has 5 nitrogen and oxygen atoms in total. The van der Waals surface area contributed by atoms with Crippen LogP contribution in [0.15, 0.2) is 89.8 Å². The summed E-state index contributed by atoms with van der Waals surface area (Å²) in [6, 6.07) is 24.8. The molecule has 0 heterocycles. The van der Waals surface area contributed by atoms with E-state index in [0.717, 1.165) is 10.5 Å². The number of ketones is 1. The second kappa shape index (κ2) is 9.71. The zero-order chi connectivity index (χ0) is 23.4. The monoisotopic (exact) mass is 455 g/mol. The summed E-state index contributed by atoms with van der Waals surface area (Å²) in [5.74, 6) is -1.09. The molecule has 0 unspecified atom stereocenters. The van der Waals surface area contributed by atoms with Crippen molar-refractivity contribution >= 4 is 45.9 Å². The van der Waals surface area contributed by atoms with Crippen LogP contribution in [0.5, 0.6) is 0 Å². The van der Waals surface area contributed by atoms with Gasteiger partial charge in [0, 0.05) is 27.1 Å². The number of amides is 1. The van der Waals surface area contributed by atoms with Gasteiger partial charge in [-0.2, -0.15) is 0 Å². The van der Waals surface area contributed by atoms with E-state index in [9.17, 15) is 19.5 Å². The number of aromatic carboxylic acids is 1. The van der Waals surface area contributed by atoms with Crippen molar-refractivity contribution in [2.75, 3.05) is 11.1 Å². The van der Waals surface area contributed by atoms with E-state index in [2.05, 4.69) is 5.32 Å². The number of carbonyl (C=O) groups excluding carboxylic acids is 2. The first-order valence-corrected chi connectivity index (χ1v) is 11.3. The first-order valence-electron chi connectivity index (χ1n) is 10.3. The van der Waals surface area contributed by atoms with Crippen molar-refractivity contribution in [1.29, 1.82) is 0 Å². The second-order valence-electron chi connectivity index (χ2n) is 7.57. The Kier molecular flexibility index (Phi) is 6.56. The number of aryl methyl sites for hydroxylation is 1. The SMILES string of the molecule is Cc1ccc(C(=O)CSc2ccc(NC(=O)c3cccc4cccc(C(=O)O)c34)cc2)cc1. The van der Waals surface area contributed by atoms with Gasteiger partial charge in [-0.3, -0.25) is 9.59 Å². The van der Waals surface area contributed by atoms with Gasteiger partial charge in [-0.05, 0) is 48.7 Å². The van der Waals surface area contributed by atoms with Crippen LogP contribution in [0, 0.1) is 6.92 Å². The van der Waals surface area contributed by atoms with E-state index in [1.807, 2.05) is 43.3 Å². The summed E-state index contributed by atoms with van der Waals surface area (Å²) in [5.41, 5.74) is 2.77. The third-order valence-electron chi connectivity index (χ3n) is 5.24. The molecule has 0 atom stereocenters. The Hall–Kier alpha value is -3.90. The molecular formula is C27H21NO4S. The van der Waals surface area contributed by atoms with Crippen molar-refractivity contribution in [3.8, 4) is 0 Å². The number of Topliss-reactive ketones (excluding diaryl/α,β-unsaturated/α-hetero) is 1. The summed E-state index contributed by atoms with van der Waals surface area (Å²) in [5, 5.41) is 13.5. The number of anilines is 1. The van der Waals surface area contributed by atoms with Crippen LogP contribution in [-0.4, -0.2) is 28.5 Å². The summed E-state index contributed by atoms with van der Waals surface area (Å²) >= 11 is 1.43. The fourth-order valence-electron chi connectivity index (χ4n) is 3.51. The molecular weight excluding hydrogens is 434 g/mol. The molecule has 0 saturated carbocycles. The Balaban J connectivity index is 1.45. The molecule has 4 aromatic carbocycles. The van der Waals surface area contributed by atoms with Crippen molar-refractivity contribution in [2.45, 2.75) is 11.8 Å². The molecule has 164 valence electrons. The maximum Gasteiger partial charge on any atom is 0.336 e. The summed E-state index contributed by atoms with van der Waals surface area (Å²) < 4.78 is 0. The normalized spacial score (nSPS) is 10.7. The molecule has 0 aliphatic rings. The molecule has 0 bridgehead atoms. The van der Waals surface area contributed by atoms with E-state index in [1.54, 1.807) is 42.5 Å². The van der Waals surface area contributed by atoms with Crippen molar-refractivity contribution in [2.24, 2.45) is 0 Å². The minimum atomic E-state index is -1.08. The maximum atomic E-state index is 12.9. The third-order valence-corrected chi connectivity index (χ3v) is 6.25. The highest BCUT2D eigenvalue weighted by molar-refractivity contribution is 8.00. The zero-order valence-corrected chi connectivity index (χ0v) is 18.7. The highest BCUT2D eigenvalue weighted by Crippen LogP contribution is 2.26. The van der Waals surface area contributed by atoms with Crippen molar-refractivity contribution in [3.05, 3.63) is 107 Å². The van der Waals surface area contributed by atoms with Gasteiger partial charge < -0.3 is 10.4 Å². The smallest absolute Gasteiger partial charge is 0.336 e. The molecule has 6 heteroatoms. The predicted octanol–water partition coefficient (Wildman–Crippen LogP) is 6.07. The van der Waals surface area contributed by atoms with Gasteiger partial charge in [0.15, 0.2) is 5.78 Å². The number of fused-ring (bicyclic) bond motifs is 1. The molecule has 0 aromatic heterocycles. The van der Waals surface area contributed by atoms with Crippen molar-refractivity contribution in [1.82, 2.24) is 0 Å². The van der Waals surface area contributed by atoms with Crippen molar-refractivity contribution in [3.63, 3.8) is 0 Å². The van der Waals surface area contributed by atoms with E-state index < -0.39 is 5.97 Å². The van der Waals surface area contributed by atoms with E-state index in [-0.39, 0.29) is 17.3 Å². The molecule has 1 amide bonds. The fourth-order valence-corrected chi connectivity index (χ4v) is 4.31. The van der Waals surface area contributed by atoms with E-state index >= 15 is 0 Å². The summed E-state index contributed by atoms with van der Waals surface area (Å²) in [6.45, 7) is 1.98. The van der Waals surface area contributed by atoms with Gasteiger partial charge in [-0.1, -0.05) is 54.1 Å². The standard InChI is InChI=1S/C27H21NO4S/c1-17-8-10-18(11-9-17)24(29)16-33-21-14-12-20(13-15-21)28-26(30)22-6-2-4-19-5-3-7-23(25(19)22)27(31)32/h2-15H,16H2,1H3,(H,28,30)(H,31,32). The number of hydrogen-bond acceptors (Lipinski definition) is 4. The molecule has 0 aliphatic carbocycles. The Labute approximate surface area is 195 Å². The number of rotatable bonds is 7. The summed E-state index contributed by atoms with van der Waals surface area (Å²) in [7, 11) is 0. The molecule has 4 rings (SSSR count). The first-order chi connectivity index (χ1) is 15.9. The quantitative estimate of drug-likeness (QED) is 0.261. The predicted molar refractivity (Wildman–Crippen MR) is 132 cm³/mol. The lowest BCUT2D eigenvalue weighted by Gasteiger charge is -2.11. The number of carbonyl (C=O) groups is 3. The number of thioether (sulfide) groups is 1. The largest absolute Gasteiger partial charge is 0.478 e. The van der Waals surface area contributed by atoms with Crippen LogP contribution in [0.2, 0.25) is 0 Å². The lowest BCUT2D eigenvalue weighted by Crippen LogP contribution is -2.13. The second-order valence-corrected chi connectivity index (χ2v) is 8.62. The number of carboxylic acids is 1. The van der Waals surface area contributed by atoms with Gasteiger partial charge in [-0.25, -0.2) is 4.79 Å². The molecule has 0 spiro atoms. The Morgan fingerprint density at radius 2 is 1.45 bits per heavy atom. The molecule has 0 radical (unpaired) electrons. The summed E-state index contributed by atoms with van der Waals surface area (Å²) in [4.78, 5) is 37.8. The van der Waals surface area contributed by atoms with E-state index in [0.29, 0.717) is 33.3 Å². The van der Waals surface area contributed by atoms with Crippen LogP contribution in [0.1, 0.15) is 36.6 Å². The average Bonchev–Trinajstić information content (AvgIpc) is 2.83. The van der Waals surface area contributed by atoms with Gasteiger partial charge in [0.2, 0.25) is 0 Å². The lowest BCUT2D eigenvalue weighted by molar-refractivity contribution is 0.0698. The van der Waals surface area contributed by atoms with Crippen LogP contribution in [-0.2, 0) is 0 Å². The van der Waals surface area contributed by atoms with E-state index in [1.165, 1.54) is 17.8 Å². The number of carboxylic acid groups (broad SMARTS) is 1. The van der Waals surface area contributed by atoms with Crippen LogP contribution < -0.4 is 5.32 Å². The molecule has 0 fully saturated rings. The van der Waals surface area contributed by atoms with Gasteiger partial charge in [0.25, 0.3) is 5.91 Å². The number of nitrogens with one attached hydrogen (secondary N) is 1. The number of hydrogen-bond donors (Lipinski definition) is 2. The van der Waals surface area contributed by atoms with Gasteiger partial charge >= 0.3 is 5.97 Å². The Morgan fingerprint density at radius 1 is 0.818 bits per heavy atom. The van der Waals surface area contributed by atoms with Gasteiger partial charge in [-0.15, -0.1) is 11.8 Å². The maximum absolute atomic E-state index is 12.9. The van der Waals surface area contributed by atoms with E-state index in [4.69, 9.17) is 0 Å². The summed E-state index contributed by atoms with van der Waals surface area (Å²) in [6.07, 6.45) is 0. The molecule has 0 saturated heterocycles. The van der Waals surface area contributed by atoms with Crippen LogP contribution in [0.3, 0.4) is 0 Å². The fraction of sp³-hybridized carbons (Fsp3) is 0.0741. The van der Waals surface area contributed by atoms with Crippen molar-refractivity contribution < 1.29 is 19.5 Å². The zero-order valence-electron chi connectivity index (χ0n) is 17.9. The third kappa shape index (κ3) is 5.13. The Bertz CT molecular complexity index is 1340. The molecule has 2 N–H and O–H groups in total. The molecule has 4 aromatic rings. The van der Waals surface area contributed by atoms with Gasteiger partial charge in [0.05, 0.1) is 11.3 Å². The highest BCUT2D eigenvalue weighted by atomic mass is 32.2. The van der Waals surface area contributed by atoms with Crippen LogP contribution >= 0.6 is 11.8 Å². The topological polar surface area (TPSA) is 83.5 Å². The average molecular weight is 456 g/mol. The van der Waals surface area contributed by atoms with Gasteiger partial charge in [0.1, 0.15) is 0 Å².